The van der Waals surface area contributed by atoms with Crippen LogP contribution in [-0.4, -0.2) is 23.1 Å². The molecule has 0 radical (unpaired) electrons. The summed E-state index contributed by atoms with van der Waals surface area (Å²) in [6.07, 6.45) is 2.79. The molecule has 0 aliphatic heterocycles. The van der Waals surface area contributed by atoms with Crippen molar-refractivity contribution in [3.63, 3.8) is 0 Å². The van der Waals surface area contributed by atoms with Crippen LogP contribution in [0.2, 0.25) is 0 Å². The molecular formula is C20H18N2O3S. The van der Waals surface area contributed by atoms with Crippen molar-refractivity contribution in [1.29, 1.82) is 0 Å². The standard InChI is InChI=1S/C20H18N2O3S/c1-3-10-25-16-9-8-13(11-17(16)24-2)12-18-19(23)22-15-7-5-4-6-14(15)21-20(22)26-18/h4-9,11-12H,3,10H2,1-2H3/b18-12-. The highest BCUT2D eigenvalue weighted by Gasteiger charge is 2.11. The molecule has 2 aromatic carbocycles. The fraction of sp³-hybridized carbons (Fsp3) is 0.200. The second kappa shape index (κ2) is 6.80. The number of methoxy groups -OCH3 is 1. The lowest BCUT2D eigenvalue weighted by molar-refractivity contribution is 0.294. The minimum absolute atomic E-state index is 0.0519. The van der Waals surface area contributed by atoms with E-state index >= 15 is 0 Å². The Morgan fingerprint density at radius 3 is 2.85 bits per heavy atom. The lowest BCUT2D eigenvalue weighted by atomic mass is 10.2. The number of hydrogen-bond donors (Lipinski definition) is 0. The summed E-state index contributed by atoms with van der Waals surface area (Å²) in [5, 5.41) is 0. The van der Waals surface area contributed by atoms with Gasteiger partial charge in [-0.2, -0.15) is 0 Å². The second-order valence-corrected chi connectivity index (χ2v) is 6.90. The summed E-state index contributed by atoms with van der Waals surface area (Å²) >= 11 is 1.39. The molecule has 5 nitrogen and oxygen atoms in total. The molecule has 0 bridgehead atoms. The van der Waals surface area contributed by atoms with Crippen molar-refractivity contribution >= 4 is 33.4 Å². The largest absolute Gasteiger partial charge is 0.493 e. The highest BCUT2D eigenvalue weighted by Crippen LogP contribution is 2.28. The van der Waals surface area contributed by atoms with Crippen LogP contribution in [-0.2, 0) is 0 Å². The number of imidazole rings is 1. The normalized spacial score (nSPS) is 12.2. The lowest BCUT2D eigenvalue weighted by Gasteiger charge is -2.10. The maximum absolute atomic E-state index is 12.8. The van der Waals surface area contributed by atoms with Crippen LogP contribution in [0, 0.1) is 0 Å². The number of thiazole rings is 1. The molecule has 132 valence electrons. The Morgan fingerprint density at radius 2 is 2.04 bits per heavy atom. The lowest BCUT2D eigenvalue weighted by Crippen LogP contribution is -2.22. The number of fused-ring (bicyclic) bond motifs is 3. The predicted octanol–water partition coefficient (Wildman–Crippen LogP) is 3.25. The quantitative estimate of drug-likeness (QED) is 0.544. The average Bonchev–Trinajstić information content (AvgIpc) is 3.17. The highest BCUT2D eigenvalue weighted by molar-refractivity contribution is 7.15. The van der Waals surface area contributed by atoms with Crippen molar-refractivity contribution in [3.05, 3.63) is 62.9 Å². The summed E-state index contributed by atoms with van der Waals surface area (Å²) in [5.74, 6) is 1.37. The van der Waals surface area contributed by atoms with E-state index in [1.807, 2.05) is 48.5 Å². The molecule has 0 unspecified atom stereocenters. The Labute approximate surface area is 154 Å². The first-order valence-electron chi connectivity index (χ1n) is 8.44. The first-order valence-corrected chi connectivity index (χ1v) is 9.25. The minimum Gasteiger partial charge on any atom is -0.493 e. The number of hydrogen-bond acceptors (Lipinski definition) is 5. The second-order valence-electron chi connectivity index (χ2n) is 5.89. The number of rotatable bonds is 5. The molecule has 4 rings (SSSR count). The maximum atomic E-state index is 12.8. The van der Waals surface area contributed by atoms with Crippen LogP contribution in [0.5, 0.6) is 11.5 Å². The van der Waals surface area contributed by atoms with Crippen LogP contribution >= 0.6 is 11.3 Å². The van der Waals surface area contributed by atoms with Crippen LogP contribution in [0.1, 0.15) is 18.9 Å². The Balaban J connectivity index is 1.81. The third-order valence-corrected chi connectivity index (χ3v) is 5.06. The molecule has 0 saturated heterocycles. The number of ether oxygens (including phenoxy) is 2. The summed E-state index contributed by atoms with van der Waals surface area (Å²) in [4.78, 5) is 18.1. The third kappa shape index (κ3) is 2.82. The van der Waals surface area contributed by atoms with Crippen molar-refractivity contribution < 1.29 is 9.47 Å². The van der Waals surface area contributed by atoms with Gasteiger partial charge in [0.15, 0.2) is 16.5 Å². The molecule has 0 N–H and O–H groups in total. The monoisotopic (exact) mass is 366 g/mol. The Morgan fingerprint density at radius 1 is 1.19 bits per heavy atom. The Kier molecular flexibility index (Phi) is 4.34. The highest BCUT2D eigenvalue weighted by atomic mass is 32.1. The van der Waals surface area contributed by atoms with Crippen LogP contribution < -0.4 is 19.6 Å². The van der Waals surface area contributed by atoms with Crippen molar-refractivity contribution in [2.45, 2.75) is 13.3 Å². The molecule has 26 heavy (non-hydrogen) atoms. The van der Waals surface area contributed by atoms with Gasteiger partial charge in [0, 0.05) is 0 Å². The Bertz CT molecular complexity index is 1190. The fourth-order valence-electron chi connectivity index (χ4n) is 2.87. The number of aromatic nitrogens is 2. The molecule has 0 aliphatic rings. The van der Waals surface area contributed by atoms with E-state index in [4.69, 9.17) is 9.47 Å². The molecule has 0 amide bonds. The van der Waals surface area contributed by atoms with Gasteiger partial charge < -0.3 is 9.47 Å². The van der Waals surface area contributed by atoms with Gasteiger partial charge in [-0.25, -0.2) is 9.38 Å². The zero-order valence-corrected chi connectivity index (χ0v) is 15.4. The summed E-state index contributed by atoms with van der Waals surface area (Å²) in [5.41, 5.74) is 2.51. The zero-order chi connectivity index (χ0) is 18.1. The van der Waals surface area contributed by atoms with Crippen LogP contribution in [0.4, 0.5) is 0 Å². The van der Waals surface area contributed by atoms with Gasteiger partial charge in [-0.15, -0.1) is 0 Å². The molecule has 2 aromatic heterocycles. The molecule has 0 aliphatic carbocycles. The Hall–Kier alpha value is -2.86. The van der Waals surface area contributed by atoms with E-state index in [2.05, 4.69) is 11.9 Å². The van der Waals surface area contributed by atoms with E-state index in [-0.39, 0.29) is 5.56 Å². The van der Waals surface area contributed by atoms with Gasteiger partial charge in [0.25, 0.3) is 5.56 Å². The maximum Gasteiger partial charge on any atom is 0.274 e. The van der Waals surface area contributed by atoms with Crippen molar-refractivity contribution in [3.8, 4) is 11.5 Å². The summed E-state index contributed by atoms with van der Waals surface area (Å²) in [6.45, 7) is 2.70. The molecule has 2 heterocycles. The van der Waals surface area contributed by atoms with E-state index in [0.29, 0.717) is 27.6 Å². The zero-order valence-electron chi connectivity index (χ0n) is 14.6. The summed E-state index contributed by atoms with van der Waals surface area (Å²) in [6, 6.07) is 13.3. The van der Waals surface area contributed by atoms with Gasteiger partial charge in [0.1, 0.15) is 0 Å². The summed E-state index contributed by atoms with van der Waals surface area (Å²) in [7, 11) is 1.61. The summed E-state index contributed by atoms with van der Waals surface area (Å²) < 4.78 is 13.4. The van der Waals surface area contributed by atoms with E-state index < -0.39 is 0 Å². The predicted molar refractivity (Wildman–Crippen MR) is 104 cm³/mol. The SMILES string of the molecule is CCCOc1ccc(/C=c2\sc3nc4ccccc4n3c2=O)cc1OC. The number of nitrogens with zero attached hydrogens (tertiary/aromatic N) is 2. The molecule has 0 saturated carbocycles. The van der Waals surface area contributed by atoms with Gasteiger partial charge in [0.05, 0.1) is 29.3 Å². The molecule has 6 heteroatoms. The van der Waals surface area contributed by atoms with Crippen molar-refractivity contribution in [2.75, 3.05) is 13.7 Å². The van der Waals surface area contributed by atoms with E-state index in [0.717, 1.165) is 23.0 Å². The van der Waals surface area contributed by atoms with Crippen LogP contribution in [0.25, 0.3) is 22.1 Å². The average molecular weight is 366 g/mol. The van der Waals surface area contributed by atoms with Crippen molar-refractivity contribution in [2.24, 2.45) is 0 Å². The molecular weight excluding hydrogens is 348 g/mol. The smallest absolute Gasteiger partial charge is 0.274 e. The van der Waals surface area contributed by atoms with Gasteiger partial charge >= 0.3 is 0 Å². The number of para-hydroxylation sites is 2. The fourth-order valence-corrected chi connectivity index (χ4v) is 3.86. The molecule has 0 atom stereocenters. The minimum atomic E-state index is -0.0519. The molecule has 4 aromatic rings. The first-order chi connectivity index (χ1) is 12.7. The topological polar surface area (TPSA) is 52.8 Å². The molecule has 0 spiro atoms. The van der Waals surface area contributed by atoms with Gasteiger partial charge in [-0.1, -0.05) is 36.5 Å². The van der Waals surface area contributed by atoms with E-state index in [1.165, 1.54) is 11.3 Å². The van der Waals surface area contributed by atoms with Crippen LogP contribution in [0.3, 0.4) is 0 Å². The van der Waals surface area contributed by atoms with Gasteiger partial charge in [-0.3, -0.25) is 4.79 Å². The third-order valence-electron chi connectivity index (χ3n) is 4.09. The van der Waals surface area contributed by atoms with Crippen LogP contribution in [0.15, 0.2) is 47.3 Å². The molecule has 0 fully saturated rings. The van der Waals surface area contributed by atoms with Gasteiger partial charge in [0.2, 0.25) is 0 Å². The van der Waals surface area contributed by atoms with Gasteiger partial charge in [-0.05, 0) is 42.3 Å². The van der Waals surface area contributed by atoms with E-state index in [1.54, 1.807) is 11.5 Å². The number of benzene rings is 2. The first kappa shape index (κ1) is 16.6. The van der Waals surface area contributed by atoms with Crippen molar-refractivity contribution in [1.82, 2.24) is 9.38 Å². The van der Waals surface area contributed by atoms with E-state index in [9.17, 15) is 4.79 Å².